The number of nitrogens with zero attached hydrogens (tertiary/aromatic N) is 2. The van der Waals surface area contributed by atoms with Crippen LogP contribution in [0.3, 0.4) is 0 Å². The molecule has 1 aromatic carbocycles. The third kappa shape index (κ3) is 3.96. The predicted octanol–water partition coefficient (Wildman–Crippen LogP) is 2.86. The number of aromatic nitrogens is 2. The topological polar surface area (TPSA) is 64.3 Å². The molecule has 1 aromatic heterocycles. The van der Waals surface area contributed by atoms with Crippen molar-refractivity contribution in [1.82, 2.24) is 9.78 Å². The summed E-state index contributed by atoms with van der Waals surface area (Å²) in [6.07, 6.45) is 4.42. The van der Waals surface area contributed by atoms with Gasteiger partial charge in [-0.3, -0.25) is 4.68 Å². The number of hydrogen-bond donors (Lipinski definition) is 1. The van der Waals surface area contributed by atoms with E-state index in [4.69, 9.17) is 9.84 Å². The van der Waals surface area contributed by atoms with E-state index in [2.05, 4.69) is 21.0 Å². The molecule has 0 atom stereocenters. The number of halogens is 1. The second-order valence-electron chi connectivity index (χ2n) is 4.12. The molecule has 6 heteroatoms. The largest absolute Gasteiger partial charge is 0.487 e. The Bertz CT molecular complexity index is 650. The zero-order valence-electron chi connectivity index (χ0n) is 10.8. The molecule has 1 N–H and O–H groups in total. The maximum absolute atomic E-state index is 10.6. The second kappa shape index (κ2) is 6.38. The minimum Gasteiger partial charge on any atom is -0.487 e. The van der Waals surface area contributed by atoms with Gasteiger partial charge in [-0.2, -0.15) is 5.10 Å². The first-order valence-electron chi connectivity index (χ1n) is 5.86. The summed E-state index contributed by atoms with van der Waals surface area (Å²) in [7, 11) is 1.84. The average Bonchev–Trinajstić information content (AvgIpc) is 2.81. The van der Waals surface area contributed by atoms with Gasteiger partial charge in [-0.25, -0.2) is 4.79 Å². The molecular weight excluding hydrogens is 324 g/mol. The number of hydrogen-bond acceptors (Lipinski definition) is 3. The first-order chi connectivity index (χ1) is 9.54. The molecule has 2 rings (SSSR count). The van der Waals surface area contributed by atoms with Crippen LogP contribution < -0.4 is 4.74 Å². The van der Waals surface area contributed by atoms with Gasteiger partial charge in [0.2, 0.25) is 0 Å². The minimum absolute atomic E-state index is 0.330. The number of carbonyl (C=O) groups is 1. The van der Waals surface area contributed by atoms with E-state index in [1.807, 2.05) is 25.4 Å². The van der Waals surface area contributed by atoms with Gasteiger partial charge in [0.05, 0.1) is 5.69 Å². The number of aryl methyl sites for hydroxylation is 1. The maximum atomic E-state index is 10.6. The van der Waals surface area contributed by atoms with E-state index in [0.717, 1.165) is 16.2 Å². The van der Waals surface area contributed by atoms with Crippen LogP contribution in [0.15, 0.2) is 41.0 Å². The van der Waals surface area contributed by atoms with Crippen LogP contribution in [0.2, 0.25) is 0 Å². The van der Waals surface area contributed by atoms with E-state index >= 15 is 0 Å². The van der Waals surface area contributed by atoms with Crippen LogP contribution in [0.25, 0.3) is 6.08 Å². The van der Waals surface area contributed by atoms with Crippen molar-refractivity contribution in [3.8, 4) is 5.75 Å². The van der Waals surface area contributed by atoms with E-state index < -0.39 is 5.97 Å². The molecule has 5 nitrogen and oxygen atoms in total. The SMILES string of the molecule is Cn1ccc(COc2ccc(Br)cc2/C=C/C(=O)O)n1. The lowest BCUT2D eigenvalue weighted by Crippen LogP contribution is -1.99. The van der Waals surface area contributed by atoms with Gasteiger partial charge in [-0.05, 0) is 30.3 Å². The van der Waals surface area contributed by atoms with Gasteiger partial charge in [0.15, 0.2) is 0 Å². The Labute approximate surface area is 124 Å². The molecule has 0 amide bonds. The Balaban J connectivity index is 2.15. The standard InChI is InChI=1S/C14H13BrN2O3/c1-17-7-6-12(16-17)9-20-13-4-3-11(15)8-10(13)2-5-14(18)19/h2-8H,9H2,1H3,(H,18,19)/b5-2+. The highest BCUT2D eigenvalue weighted by Crippen LogP contribution is 2.25. The van der Waals surface area contributed by atoms with E-state index in [0.29, 0.717) is 17.9 Å². The summed E-state index contributed by atoms with van der Waals surface area (Å²) in [5.41, 5.74) is 1.50. The number of carboxylic acid groups (broad SMARTS) is 1. The van der Waals surface area contributed by atoms with Gasteiger partial charge in [0, 0.05) is 29.4 Å². The lowest BCUT2D eigenvalue weighted by atomic mass is 10.2. The summed E-state index contributed by atoms with van der Waals surface area (Å²) < 4.78 is 8.24. The second-order valence-corrected chi connectivity index (χ2v) is 5.04. The zero-order valence-corrected chi connectivity index (χ0v) is 12.4. The fourth-order valence-electron chi connectivity index (χ4n) is 1.63. The fraction of sp³-hybridized carbons (Fsp3) is 0.143. The van der Waals surface area contributed by atoms with Crippen molar-refractivity contribution >= 4 is 28.0 Å². The first-order valence-corrected chi connectivity index (χ1v) is 6.66. The van der Waals surface area contributed by atoms with Crippen molar-refractivity contribution in [3.05, 3.63) is 52.3 Å². The Morgan fingerprint density at radius 1 is 1.50 bits per heavy atom. The maximum Gasteiger partial charge on any atom is 0.328 e. The quantitative estimate of drug-likeness (QED) is 0.852. The van der Waals surface area contributed by atoms with Gasteiger partial charge in [0.1, 0.15) is 12.4 Å². The average molecular weight is 337 g/mol. The highest BCUT2D eigenvalue weighted by Gasteiger charge is 2.04. The van der Waals surface area contributed by atoms with Crippen molar-refractivity contribution in [1.29, 1.82) is 0 Å². The molecule has 2 aromatic rings. The monoisotopic (exact) mass is 336 g/mol. The molecule has 0 aliphatic rings. The summed E-state index contributed by atoms with van der Waals surface area (Å²) in [5.74, 6) is -0.392. The molecule has 0 radical (unpaired) electrons. The Morgan fingerprint density at radius 2 is 2.30 bits per heavy atom. The Hall–Kier alpha value is -2.08. The molecule has 0 aliphatic heterocycles. The molecule has 1 heterocycles. The van der Waals surface area contributed by atoms with Crippen LogP contribution >= 0.6 is 15.9 Å². The Kier molecular flexibility index (Phi) is 4.57. The van der Waals surface area contributed by atoms with E-state index in [1.54, 1.807) is 16.8 Å². The van der Waals surface area contributed by atoms with Crippen LogP contribution in [0, 0.1) is 0 Å². The van der Waals surface area contributed by atoms with Gasteiger partial charge >= 0.3 is 5.97 Å². The molecular formula is C14H13BrN2O3. The third-order valence-corrected chi connectivity index (χ3v) is 3.01. The van der Waals surface area contributed by atoms with Crippen molar-refractivity contribution < 1.29 is 14.6 Å². The van der Waals surface area contributed by atoms with E-state index in [1.165, 1.54) is 6.08 Å². The molecule has 20 heavy (non-hydrogen) atoms. The van der Waals surface area contributed by atoms with Crippen molar-refractivity contribution in [2.45, 2.75) is 6.61 Å². The van der Waals surface area contributed by atoms with Crippen LogP contribution in [-0.2, 0) is 18.4 Å². The molecule has 0 bridgehead atoms. The summed E-state index contributed by atoms with van der Waals surface area (Å²) >= 11 is 3.35. The first kappa shape index (κ1) is 14.3. The molecule has 0 aliphatic carbocycles. The highest BCUT2D eigenvalue weighted by molar-refractivity contribution is 9.10. The normalized spacial score (nSPS) is 10.9. The van der Waals surface area contributed by atoms with Crippen molar-refractivity contribution in [2.75, 3.05) is 0 Å². The number of benzene rings is 1. The highest BCUT2D eigenvalue weighted by atomic mass is 79.9. The number of rotatable bonds is 5. The Morgan fingerprint density at radius 3 is 2.95 bits per heavy atom. The third-order valence-electron chi connectivity index (χ3n) is 2.52. The molecule has 0 fully saturated rings. The van der Waals surface area contributed by atoms with Gasteiger partial charge in [-0.15, -0.1) is 0 Å². The van der Waals surface area contributed by atoms with E-state index in [-0.39, 0.29) is 0 Å². The minimum atomic E-state index is -0.999. The number of aliphatic carboxylic acids is 1. The molecule has 0 unspecified atom stereocenters. The summed E-state index contributed by atoms with van der Waals surface area (Å²) in [6.45, 7) is 0.330. The summed E-state index contributed by atoms with van der Waals surface area (Å²) in [5, 5.41) is 12.9. The van der Waals surface area contributed by atoms with Crippen LogP contribution in [0.1, 0.15) is 11.3 Å². The fourth-order valence-corrected chi connectivity index (χ4v) is 2.01. The summed E-state index contributed by atoms with van der Waals surface area (Å²) in [4.78, 5) is 10.6. The molecule has 0 saturated carbocycles. The van der Waals surface area contributed by atoms with Gasteiger partial charge in [-0.1, -0.05) is 15.9 Å². The van der Waals surface area contributed by atoms with Crippen molar-refractivity contribution in [2.24, 2.45) is 7.05 Å². The summed E-state index contributed by atoms with van der Waals surface area (Å²) in [6, 6.07) is 7.29. The van der Waals surface area contributed by atoms with Crippen LogP contribution in [-0.4, -0.2) is 20.9 Å². The smallest absolute Gasteiger partial charge is 0.328 e. The van der Waals surface area contributed by atoms with Gasteiger partial charge in [0.25, 0.3) is 0 Å². The van der Waals surface area contributed by atoms with Crippen LogP contribution in [0.5, 0.6) is 5.75 Å². The molecule has 0 spiro atoms. The zero-order chi connectivity index (χ0) is 14.5. The number of carboxylic acids is 1. The molecule has 104 valence electrons. The molecule has 0 saturated heterocycles. The lowest BCUT2D eigenvalue weighted by molar-refractivity contribution is -0.131. The van der Waals surface area contributed by atoms with E-state index in [9.17, 15) is 4.79 Å². The number of ether oxygens (including phenoxy) is 1. The van der Waals surface area contributed by atoms with Gasteiger partial charge < -0.3 is 9.84 Å². The van der Waals surface area contributed by atoms with Crippen LogP contribution in [0.4, 0.5) is 0 Å². The van der Waals surface area contributed by atoms with Crippen molar-refractivity contribution in [3.63, 3.8) is 0 Å². The lowest BCUT2D eigenvalue weighted by Gasteiger charge is -2.08. The predicted molar refractivity (Wildman–Crippen MR) is 78.4 cm³/mol.